The average molecular weight is 199 g/mol. The van der Waals surface area contributed by atoms with Crippen molar-refractivity contribution in [1.82, 2.24) is 4.98 Å². The van der Waals surface area contributed by atoms with Crippen molar-refractivity contribution in [2.24, 2.45) is 0 Å². The number of aromatic amines is 1. The van der Waals surface area contributed by atoms with Crippen molar-refractivity contribution >= 4 is 6.29 Å². The van der Waals surface area contributed by atoms with Gasteiger partial charge in [0, 0.05) is 17.8 Å². The highest BCUT2D eigenvalue weighted by atomic mass is 16.1. The molecule has 3 nitrogen and oxygen atoms in total. The Balaban J connectivity index is 2.63. The summed E-state index contributed by atoms with van der Waals surface area (Å²) >= 11 is 0. The summed E-state index contributed by atoms with van der Waals surface area (Å²) in [6.45, 7) is 0. The number of hydrogen-bond donors (Lipinski definition) is 1. The molecule has 0 saturated carbocycles. The fourth-order valence-electron chi connectivity index (χ4n) is 1.47. The molecule has 1 aromatic heterocycles. The molecule has 74 valence electrons. The highest BCUT2D eigenvalue weighted by Crippen LogP contribution is 2.20. The summed E-state index contributed by atoms with van der Waals surface area (Å²) in [5.41, 5.74) is 1.94. The minimum Gasteiger partial charge on any atom is -0.329 e. The molecule has 0 spiro atoms. The lowest BCUT2D eigenvalue weighted by atomic mass is 10.0. The molecule has 0 bridgehead atoms. The minimum absolute atomic E-state index is 0.173. The third-order valence-corrected chi connectivity index (χ3v) is 2.17. The van der Waals surface area contributed by atoms with Crippen LogP contribution in [0.5, 0.6) is 0 Å². The number of carbonyl (C=O) groups excluding carboxylic acids is 1. The fraction of sp³-hybridized carbons (Fsp3) is 0. The van der Waals surface area contributed by atoms with Gasteiger partial charge in [0.1, 0.15) is 0 Å². The van der Waals surface area contributed by atoms with Crippen molar-refractivity contribution in [3.8, 4) is 11.1 Å². The monoisotopic (exact) mass is 199 g/mol. The number of benzene rings is 1. The fourth-order valence-corrected chi connectivity index (χ4v) is 1.47. The molecule has 0 amide bonds. The van der Waals surface area contributed by atoms with Crippen LogP contribution in [0.1, 0.15) is 10.4 Å². The molecule has 0 unspecified atom stereocenters. The van der Waals surface area contributed by atoms with Crippen LogP contribution >= 0.6 is 0 Å². The Morgan fingerprint density at radius 3 is 2.67 bits per heavy atom. The average Bonchev–Trinajstić information content (AvgIpc) is 2.29. The minimum atomic E-state index is -0.173. The third kappa shape index (κ3) is 1.86. The van der Waals surface area contributed by atoms with E-state index in [1.165, 1.54) is 6.07 Å². The Hall–Kier alpha value is -2.16. The van der Waals surface area contributed by atoms with Crippen LogP contribution in [0.2, 0.25) is 0 Å². The maximum atomic E-state index is 11.1. The molecule has 0 aliphatic carbocycles. The quantitative estimate of drug-likeness (QED) is 0.750. The Kier molecular flexibility index (Phi) is 2.46. The largest absolute Gasteiger partial charge is 0.329 e. The highest BCUT2D eigenvalue weighted by Gasteiger charge is 2.03. The van der Waals surface area contributed by atoms with Gasteiger partial charge in [0.15, 0.2) is 6.29 Å². The van der Waals surface area contributed by atoms with Crippen LogP contribution in [0.4, 0.5) is 0 Å². The molecule has 0 radical (unpaired) electrons. The van der Waals surface area contributed by atoms with Crippen LogP contribution in [-0.2, 0) is 0 Å². The molecule has 0 atom stereocenters. The Morgan fingerprint density at radius 1 is 1.13 bits per heavy atom. The molecule has 2 aromatic rings. The van der Waals surface area contributed by atoms with E-state index in [1.807, 2.05) is 12.1 Å². The van der Waals surface area contributed by atoms with Gasteiger partial charge in [-0.2, -0.15) is 0 Å². The van der Waals surface area contributed by atoms with Gasteiger partial charge in [-0.15, -0.1) is 0 Å². The lowest BCUT2D eigenvalue weighted by Crippen LogP contribution is -2.02. The molecule has 3 heteroatoms. The summed E-state index contributed by atoms with van der Waals surface area (Å²) < 4.78 is 0. The van der Waals surface area contributed by atoms with E-state index in [4.69, 9.17) is 0 Å². The van der Waals surface area contributed by atoms with Gasteiger partial charge in [-0.1, -0.05) is 24.3 Å². The van der Waals surface area contributed by atoms with E-state index < -0.39 is 0 Å². The first-order valence-electron chi connectivity index (χ1n) is 4.54. The van der Waals surface area contributed by atoms with Crippen LogP contribution in [0.25, 0.3) is 11.1 Å². The van der Waals surface area contributed by atoms with Crippen LogP contribution < -0.4 is 5.56 Å². The zero-order valence-electron chi connectivity index (χ0n) is 7.94. The van der Waals surface area contributed by atoms with Crippen molar-refractivity contribution < 1.29 is 4.79 Å². The first-order valence-corrected chi connectivity index (χ1v) is 4.54. The van der Waals surface area contributed by atoms with E-state index in [-0.39, 0.29) is 5.56 Å². The number of rotatable bonds is 2. The molecule has 0 fully saturated rings. The summed E-state index contributed by atoms with van der Waals surface area (Å²) in [5.74, 6) is 0. The summed E-state index contributed by atoms with van der Waals surface area (Å²) in [6.07, 6.45) is 2.36. The van der Waals surface area contributed by atoms with E-state index in [0.29, 0.717) is 5.56 Å². The summed E-state index contributed by atoms with van der Waals surface area (Å²) in [6, 6.07) is 10.4. The number of nitrogens with one attached hydrogen (secondary N) is 1. The second kappa shape index (κ2) is 3.92. The number of hydrogen-bond acceptors (Lipinski definition) is 2. The van der Waals surface area contributed by atoms with Gasteiger partial charge in [-0.3, -0.25) is 9.59 Å². The number of pyridine rings is 1. The topological polar surface area (TPSA) is 49.9 Å². The number of aromatic nitrogens is 1. The maximum Gasteiger partial charge on any atom is 0.248 e. The van der Waals surface area contributed by atoms with Gasteiger partial charge < -0.3 is 4.98 Å². The predicted molar refractivity (Wildman–Crippen MR) is 57.9 cm³/mol. The van der Waals surface area contributed by atoms with E-state index in [1.54, 1.807) is 24.4 Å². The summed E-state index contributed by atoms with van der Waals surface area (Å²) in [7, 11) is 0. The maximum absolute atomic E-state index is 11.1. The van der Waals surface area contributed by atoms with Crippen molar-refractivity contribution in [2.45, 2.75) is 0 Å². The van der Waals surface area contributed by atoms with Gasteiger partial charge >= 0.3 is 0 Å². The lowest BCUT2D eigenvalue weighted by Gasteiger charge is -2.03. The van der Waals surface area contributed by atoms with Gasteiger partial charge in [0.2, 0.25) is 5.56 Å². The molecule has 1 heterocycles. The molecule has 1 aromatic carbocycles. The van der Waals surface area contributed by atoms with Crippen LogP contribution in [0.3, 0.4) is 0 Å². The lowest BCUT2D eigenvalue weighted by molar-refractivity contribution is 0.112. The van der Waals surface area contributed by atoms with Gasteiger partial charge in [-0.05, 0) is 17.2 Å². The molecule has 0 aliphatic heterocycles. The molecule has 2 rings (SSSR count). The normalized spacial score (nSPS) is 9.87. The summed E-state index contributed by atoms with van der Waals surface area (Å²) in [5, 5.41) is 0. The van der Waals surface area contributed by atoms with Gasteiger partial charge in [0.05, 0.1) is 0 Å². The van der Waals surface area contributed by atoms with Crippen LogP contribution in [0, 0.1) is 0 Å². The first-order chi connectivity index (χ1) is 7.31. The molecular weight excluding hydrogens is 190 g/mol. The zero-order chi connectivity index (χ0) is 10.7. The standard InChI is InChI=1S/C12H9NO2/c14-8-10-3-1-2-4-11(10)9-5-6-13-12(15)7-9/h1-8H,(H,13,15). The van der Waals surface area contributed by atoms with Crippen molar-refractivity contribution in [2.75, 3.05) is 0 Å². The zero-order valence-corrected chi connectivity index (χ0v) is 7.94. The Bertz CT molecular complexity index is 543. The van der Waals surface area contributed by atoms with Gasteiger partial charge in [0.25, 0.3) is 0 Å². The summed E-state index contributed by atoms with van der Waals surface area (Å²) in [4.78, 5) is 24.5. The Labute approximate surface area is 86.4 Å². The molecule has 15 heavy (non-hydrogen) atoms. The highest BCUT2D eigenvalue weighted by molar-refractivity contribution is 5.87. The van der Waals surface area contributed by atoms with E-state index >= 15 is 0 Å². The van der Waals surface area contributed by atoms with Crippen molar-refractivity contribution in [3.63, 3.8) is 0 Å². The first kappa shape index (κ1) is 9.40. The van der Waals surface area contributed by atoms with Crippen LogP contribution in [-0.4, -0.2) is 11.3 Å². The second-order valence-corrected chi connectivity index (χ2v) is 3.15. The predicted octanol–water partition coefficient (Wildman–Crippen LogP) is 1.85. The van der Waals surface area contributed by atoms with E-state index in [0.717, 1.165) is 17.4 Å². The van der Waals surface area contributed by atoms with Gasteiger partial charge in [-0.25, -0.2) is 0 Å². The van der Waals surface area contributed by atoms with E-state index in [9.17, 15) is 9.59 Å². The molecule has 0 aliphatic rings. The Morgan fingerprint density at radius 2 is 1.93 bits per heavy atom. The SMILES string of the molecule is O=Cc1ccccc1-c1cc[nH]c(=O)c1. The smallest absolute Gasteiger partial charge is 0.248 e. The van der Waals surface area contributed by atoms with Crippen LogP contribution in [0.15, 0.2) is 47.4 Å². The number of carbonyl (C=O) groups is 1. The van der Waals surface area contributed by atoms with E-state index in [2.05, 4.69) is 4.98 Å². The number of H-pyrrole nitrogens is 1. The van der Waals surface area contributed by atoms with Crippen molar-refractivity contribution in [1.29, 1.82) is 0 Å². The number of aldehydes is 1. The van der Waals surface area contributed by atoms with Crippen molar-refractivity contribution in [3.05, 3.63) is 58.5 Å². The molecular formula is C12H9NO2. The molecule has 1 N–H and O–H groups in total. The third-order valence-electron chi connectivity index (χ3n) is 2.17. The molecule has 0 saturated heterocycles. The second-order valence-electron chi connectivity index (χ2n) is 3.15.